The molecule has 1 aliphatic rings. The summed E-state index contributed by atoms with van der Waals surface area (Å²) in [7, 11) is 0. The van der Waals surface area contributed by atoms with E-state index in [4.69, 9.17) is 17.3 Å². The molecule has 1 unspecified atom stereocenters. The smallest absolute Gasteiger partial charge is 0.396 e. The van der Waals surface area contributed by atoms with Gasteiger partial charge in [-0.25, -0.2) is 0 Å². The van der Waals surface area contributed by atoms with Crippen LogP contribution in [0.2, 0.25) is 0 Å². The Balaban J connectivity index is 2.84. The second-order valence-electron chi connectivity index (χ2n) is 2.59. The highest BCUT2D eigenvalue weighted by atomic mass is 35.5. The van der Waals surface area contributed by atoms with E-state index in [0.717, 1.165) is 0 Å². The fraction of sp³-hybridized carbons (Fsp3) is 0.429. The number of allylic oxidation sites excluding steroid dienone is 4. The maximum absolute atomic E-state index is 12.2. The second-order valence-corrected chi connectivity index (χ2v) is 3.03. The predicted octanol–water partition coefficient (Wildman–Crippen LogP) is 2.53. The summed E-state index contributed by atoms with van der Waals surface area (Å²) in [6.07, 6.45) is -1.95. The topological polar surface area (TPSA) is 26.0 Å². The van der Waals surface area contributed by atoms with E-state index < -0.39 is 12.1 Å². The van der Waals surface area contributed by atoms with E-state index in [9.17, 15) is 13.2 Å². The Morgan fingerprint density at radius 2 is 2.00 bits per heavy atom. The zero-order valence-electron chi connectivity index (χ0n) is 6.03. The third-order valence-electron chi connectivity index (χ3n) is 1.62. The average molecular weight is 198 g/mol. The third kappa shape index (κ3) is 1.94. The lowest BCUT2D eigenvalue weighted by Crippen LogP contribution is -2.26. The van der Waals surface area contributed by atoms with Gasteiger partial charge >= 0.3 is 6.18 Å². The summed E-state index contributed by atoms with van der Waals surface area (Å²) in [4.78, 5) is 0. The molecular formula is C7H7ClF3N. The van der Waals surface area contributed by atoms with Crippen molar-refractivity contribution in [2.75, 3.05) is 0 Å². The van der Waals surface area contributed by atoms with Crippen molar-refractivity contribution in [2.24, 2.45) is 11.7 Å². The molecule has 0 heterocycles. The zero-order chi connectivity index (χ0) is 9.35. The highest BCUT2D eigenvalue weighted by Crippen LogP contribution is 2.39. The summed E-state index contributed by atoms with van der Waals surface area (Å²) in [5.74, 6) is -1.62. The van der Waals surface area contributed by atoms with E-state index in [2.05, 4.69) is 0 Å². The van der Waals surface area contributed by atoms with Gasteiger partial charge in [0.05, 0.1) is 5.92 Å². The highest BCUT2D eigenvalue weighted by Gasteiger charge is 2.42. The van der Waals surface area contributed by atoms with E-state index in [1.165, 1.54) is 12.2 Å². The maximum atomic E-state index is 12.2. The van der Waals surface area contributed by atoms with Crippen LogP contribution in [0.5, 0.6) is 0 Å². The van der Waals surface area contributed by atoms with Crippen LogP contribution in [0.25, 0.3) is 0 Å². The number of nitrogens with two attached hydrogens (primary N) is 1. The Bertz CT molecular complexity index is 242. The van der Waals surface area contributed by atoms with E-state index in [1.807, 2.05) is 0 Å². The summed E-state index contributed by atoms with van der Waals surface area (Å²) in [6.45, 7) is 0. The van der Waals surface area contributed by atoms with Gasteiger partial charge in [0.2, 0.25) is 0 Å². The monoisotopic (exact) mass is 197 g/mol. The average Bonchev–Trinajstić information content (AvgIpc) is 1.92. The first-order chi connectivity index (χ1) is 5.41. The summed E-state index contributed by atoms with van der Waals surface area (Å²) in [6, 6.07) is 0. The molecule has 0 spiro atoms. The van der Waals surface area contributed by atoms with Gasteiger partial charge in [-0.15, -0.1) is 0 Å². The molecule has 0 saturated carbocycles. The largest absolute Gasteiger partial charge is 0.402 e. The Hall–Kier alpha value is -0.640. The second kappa shape index (κ2) is 3.01. The van der Waals surface area contributed by atoms with Crippen LogP contribution in [0.15, 0.2) is 22.9 Å². The fourth-order valence-electron chi connectivity index (χ4n) is 0.976. The molecule has 0 aromatic rings. The van der Waals surface area contributed by atoms with Gasteiger partial charge in [-0.1, -0.05) is 11.6 Å². The molecule has 0 bridgehead atoms. The van der Waals surface area contributed by atoms with Crippen molar-refractivity contribution in [3.63, 3.8) is 0 Å². The van der Waals surface area contributed by atoms with Crippen LogP contribution in [0, 0.1) is 5.92 Å². The van der Waals surface area contributed by atoms with Gasteiger partial charge in [-0.2, -0.15) is 13.2 Å². The molecular weight excluding hydrogens is 191 g/mol. The van der Waals surface area contributed by atoms with E-state index >= 15 is 0 Å². The predicted molar refractivity (Wildman–Crippen MR) is 40.4 cm³/mol. The molecule has 0 amide bonds. The Morgan fingerprint density at radius 3 is 2.42 bits per heavy atom. The Kier molecular flexibility index (Phi) is 2.37. The number of rotatable bonds is 0. The highest BCUT2D eigenvalue weighted by molar-refractivity contribution is 6.30. The molecule has 1 atom stereocenters. The minimum atomic E-state index is -4.30. The standard InChI is InChI=1S/C7H7ClF3N/c8-6-2-1-4(12)3-5(6)7(9,10)11/h1-2,5H,3,12H2. The molecule has 0 saturated heterocycles. The van der Waals surface area contributed by atoms with Crippen LogP contribution in [0.3, 0.4) is 0 Å². The summed E-state index contributed by atoms with van der Waals surface area (Å²) in [5, 5.41) is -0.197. The number of hydrogen-bond donors (Lipinski definition) is 1. The lowest BCUT2D eigenvalue weighted by molar-refractivity contribution is -0.162. The molecule has 68 valence electrons. The molecule has 2 N–H and O–H groups in total. The summed E-state index contributed by atoms with van der Waals surface area (Å²) in [5.41, 5.74) is 5.45. The van der Waals surface area contributed by atoms with Crippen molar-refractivity contribution in [2.45, 2.75) is 12.6 Å². The molecule has 0 fully saturated rings. The Labute approximate surface area is 72.7 Å². The first-order valence-electron chi connectivity index (χ1n) is 3.29. The Morgan fingerprint density at radius 1 is 1.42 bits per heavy atom. The van der Waals surface area contributed by atoms with Crippen LogP contribution in [-0.2, 0) is 0 Å². The molecule has 12 heavy (non-hydrogen) atoms. The van der Waals surface area contributed by atoms with Crippen LogP contribution >= 0.6 is 11.6 Å². The summed E-state index contributed by atoms with van der Waals surface area (Å²) >= 11 is 5.37. The third-order valence-corrected chi connectivity index (χ3v) is 2.01. The number of halogens is 4. The maximum Gasteiger partial charge on any atom is 0.396 e. The van der Waals surface area contributed by atoms with Crippen molar-refractivity contribution in [3.8, 4) is 0 Å². The van der Waals surface area contributed by atoms with Crippen molar-refractivity contribution in [1.82, 2.24) is 0 Å². The normalized spacial score (nSPS) is 24.8. The van der Waals surface area contributed by atoms with Crippen molar-refractivity contribution < 1.29 is 13.2 Å². The van der Waals surface area contributed by atoms with Crippen LogP contribution in [0.1, 0.15) is 6.42 Å². The van der Waals surface area contributed by atoms with Crippen molar-refractivity contribution >= 4 is 11.6 Å². The molecule has 0 aromatic heterocycles. The van der Waals surface area contributed by atoms with Gasteiger partial charge in [0.15, 0.2) is 0 Å². The molecule has 0 radical (unpaired) electrons. The number of hydrogen-bond acceptors (Lipinski definition) is 1. The van der Waals surface area contributed by atoms with Gasteiger partial charge in [-0.05, 0) is 12.2 Å². The minimum absolute atomic E-state index is 0.197. The molecule has 5 heteroatoms. The van der Waals surface area contributed by atoms with Crippen molar-refractivity contribution in [1.29, 1.82) is 0 Å². The SMILES string of the molecule is NC1=CC=C(Cl)C(C(F)(F)F)C1. The lowest BCUT2D eigenvalue weighted by Gasteiger charge is -2.22. The molecule has 0 aromatic carbocycles. The van der Waals surface area contributed by atoms with Gasteiger partial charge in [0.25, 0.3) is 0 Å². The zero-order valence-corrected chi connectivity index (χ0v) is 6.78. The van der Waals surface area contributed by atoms with Crippen molar-refractivity contribution in [3.05, 3.63) is 22.9 Å². The molecule has 0 aliphatic heterocycles. The fourth-order valence-corrected chi connectivity index (χ4v) is 1.24. The van der Waals surface area contributed by atoms with Gasteiger partial charge < -0.3 is 5.73 Å². The van der Waals surface area contributed by atoms with Crippen LogP contribution in [-0.4, -0.2) is 6.18 Å². The van der Waals surface area contributed by atoms with Gasteiger partial charge in [0.1, 0.15) is 0 Å². The minimum Gasteiger partial charge on any atom is -0.402 e. The first-order valence-corrected chi connectivity index (χ1v) is 3.67. The van der Waals surface area contributed by atoms with Crippen LogP contribution < -0.4 is 5.73 Å². The lowest BCUT2D eigenvalue weighted by atomic mass is 9.98. The van der Waals surface area contributed by atoms with E-state index in [0.29, 0.717) is 0 Å². The van der Waals surface area contributed by atoms with E-state index in [1.54, 1.807) is 0 Å². The molecule has 1 nitrogen and oxygen atoms in total. The summed E-state index contributed by atoms with van der Waals surface area (Å²) < 4.78 is 36.5. The van der Waals surface area contributed by atoms with E-state index in [-0.39, 0.29) is 17.2 Å². The van der Waals surface area contributed by atoms with Gasteiger partial charge in [-0.3, -0.25) is 0 Å². The quantitative estimate of drug-likeness (QED) is 0.635. The van der Waals surface area contributed by atoms with Crippen LogP contribution in [0.4, 0.5) is 13.2 Å². The number of alkyl halides is 3. The molecule has 1 rings (SSSR count). The molecule has 1 aliphatic carbocycles. The van der Waals surface area contributed by atoms with Gasteiger partial charge in [0, 0.05) is 17.2 Å². The first kappa shape index (κ1) is 9.45.